The first-order valence-electron chi connectivity index (χ1n) is 6.74. The fraction of sp³-hybridized carbons (Fsp3) is 0.533. The zero-order valence-corrected chi connectivity index (χ0v) is 11.2. The summed E-state index contributed by atoms with van der Waals surface area (Å²) in [7, 11) is 1.64. The maximum Gasteiger partial charge on any atom is 0.306 e. The standard InChI is InChI=1S/C15H21NO3/c1-19-13-8-6-11(7-9-13)14(16)10-2-4-12(5-3-10)15(17)18/h6-10,12,14H,2-5,16H2,1H3,(H,17,18). The molecule has 104 valence electrons. The zero-order chi connectivity index (χ0) is 13.8. The average molecular weight is 263 g/mol. The first-order valence-corrected chi connectivity index (χ1v) is 6.74. The van der Waals surface area contributed by atoms with E-state index in [4.69, 9.17) is 15.6 Å². The largest absolute Gasteiger partial charge is 0.497 e. The number of ether oxygens (including phenoxy) is 1. The van der Waals surface area contributed by atoms with Gasteiger partial charge < -0.3 is 15.6 Å². The number of hydrogen-bond donors (Lipinski definition) is 2. The van der Waals surface area contributed by atoms with Crippen molar-refractivity contribution >= 4 is 5.97 Å². The van der Waals surface area contributed by atoms with Crippen LogP contribution in [-0.4, -0.2) is 18.2 Å². The van der Waals surface area contributed by atoms with Crippen LogP contribution in [0.4, 0.5) is 0 Å². The van der Waals surface area contributed by atoms with Crippen LogP contribution in [0.2, 0.25) is 0 Å². The molecule has 1 aliphatic carbocycles. The minimum Gasteiger partial charge on any atom is -0.497 e. The molecule has 3 N–H and O–H groups in total. The molecule has 0 spiro atoms. The molecule has 0 bridgehead atoms. The third-order valence-electron chi connectivity index (χ3n) is 4.13. The maximum absolute atomic E-state index is 10.9. The second kappa shape index (κ2) is 6.06. The Morgan fingerprint density at radius 3 is 2.32 bits per heavy atom. The predicted octanol–water partition coefficient (Wildman–Crippen LogP) is 2.59. The number of benzene rings is 1. The summed E-state index contributed by atoms with van der Waals surface area (Å²) >= 11 is 0. The number of aliphatic carboxylic acids is 1. The zero-order valence-electron chi connectivity index (χ0n) is 11.2. The molecule has 1 aliphatic rings. The maximum atomic E-state index is 10.9. The van der Waals surface area contributed by atoms with E-state index in [1.807, 2.05) is 24.3 Å². The Morgan fingerprint density at radius 1 is 1.26 bits per heavy atom. The lowest BCUT2D eigenvalue weighted by Gasteiger charge is -2.30. The van der Waals surface area contributed by atoms with Gasteiger partial charge in [-0.3, -0.25) is 4.79 Å². The van der Waals surface area contributed by atoms with Gasteiger partial charge in [-0.25, -0.2) is 0 Å². The van der Waals surface area contributed by atoms with Crippen molar-refractivity contribution in [3.8, 4) is 5.75 Å². The second-order valence-electron chi connectivity index (χ2n) is 5.25. The third-order valence-corrected chi connectivity index (χ3v) is 4.13. The molecule has 1 unspecified atom stereocenters. The van der Waals surface area contributed by atoms with Gasteiger partial charge in [0.05, 0.1) is 13.0 Å². The van der Waals surface area contributed by atoms with Gasteiger partial charge in [0.2, 0.25) is 0 Å². The topological polar surface area (TPSA) is 72.5 Å². The molecule has 4 heteroatoms. The van der Waals surface area contributed by atoms with E-state index >= 15 is 0 Å². The highest BCUT2D eigenvalue weighted by Gasteiger charge is 2.29. The number of rotatable bonds is 4. The van der Waals surface area contributed by atoms with E-state index in [0.717, 1.165) is 37.0 Å². The highest BCUT2D eigenvalue weighted by molar-refractivity contribution is 5.70. The monoisotopic (exact) mass is 263 g/mol. The molecular weight excluding hydrogens is 242 g/mol. The highest BCUT2D eigenvalue weighted by atomic mass is 16.5. The molecule has 2 rings (SSSR count). The van der Waals surface area contributed by atoms with Crippen LogP contribution in [0.25, 0.3) is 0 Å². The van der Waals surface area contributed by atoms with Crippen molar-refractivity contribution in [1.29, 1.82) is 0 Å². The molecule has 0 radical (unpaired) electrons. The van der Waals surface area contributed by atoms with E-state index in [0.29, 0.717) is 5.92 Å². The van der Waals surface area contributed by atoms with Gasteiger partial charge in [-0.05, 0) is 49.3 Å². The van der Waals surface area contributed by atoms with Gasteiger partial charge in [-0.2, -0.15) is 0 Å². The van der Waals surface area contributed by atoms with E-state index in [-0.39, 0.29) is 12.0 Å². The van der Waals surface area contributed by atoms with Crippen LogP contribution in [0.3, 0.4) is 0 Å². The number of nitrogens with two attached hydrogens (primary N) is 1. The lowest BCUT2D eigenvalue weighted by atomic mass is 9.77. The van der Waals surface area contributed by atoms with Crippen molar-refractivity contribution in [2.24, 2.45) is 17.6 Å². The quantitative estimate of drug-likeness (QED) is 0.875. The number of hydrogen-bond acceptors (Lipinski definition) is 3. The summed E-state index contributed by atoms with van der Waals surface area (Å²) in [5, 5.41) is 8.99. The lowest BCUT2D eigenvalue weighted by Crippen LogP contribution is -2.28. The average Bonchev–Trinajstić information content (AvgIpc) is 2.46. The summed E-state index contributed by atoms with van der Waals surface area (Å²) in [4.78, 5) is 10.9. The molecular formula is C15H21NO3. The lowest BCUT2D eigenvalue weighted by molar-refractivity contribution is -0.143. The number of carbonyl (C=O) groups is 1. The van der Waals surface area contributed by atoms with Crippen LogP contribution in [-0.2, 0) is 4.79 Å². The van der Waals surface area contributed by atoms with Crippen molar-refractivity contribution < 1.29 is 14.6 Å². The number of carboxylic acids is 1. The Morgan fingerprint density at radius 2 is 1.84 bits per heavy atom. The first kappa shape index (κ1) is 13.9. The molecule has 4 nitrogen and oxygen atoms in total. The summed E-state index contributed by atoms with van der Waals surface area (Å²) in [6.07, 6.45) is 3.27. The molecule has 1 aromatic carbocycles. The summed E-state index contributed by atoms with van der Waals surface area (Å²) in [6.45, 7) is 0. The van der Waals surface area contributed by atoms with Gasteiger partial charge in [0.1, 0.15) is 5.75 Å². The van der Waals surface area contributed by atoms with E-state index in [1.165, 1.54) is 0 Å². The van der Waals surface area contributed by atoms with Crippen LogP contribution in [0, 0.1) is 11.8 Å². The van der Waals surface area contributed by atoms with Crippen LogP contribution in [0.15, 0.2) is 24.3 Å². The summed E-state index contributed by atoms with van der Waals surface area (Å²) in [5.74, 6) is 0.352. The predicted molar refractivity (Wildman–Crippen MR) is 73.0 cm³/mol. The Bertz CT molecular complexity index is 422. The molecule has 19 heavy (non-hydrogen) atoms. The number of carboxylic acid groups (broad SMARTS) is 1. The molecule has 0 aromatic heterocycles. The molecule has 1 aromatic rings. The van der Waals surface area contributed by atoms with Gasteiger partial charge >= 0.3 is 5.97 Å². The Balaban J connectivity index is 1.96. The van der Waals surface area contributed by atoms with Gasteiger partial charge in [0.15, 0.2) is 0 Å². The van der Waals surface area contributed by atoms with Crippen LogP contribution in [0.5, 0.6) is 5.75 Å². The normalized spacial score (nSPS) is 24.7. The Kier molecular flexibility index (Phi) is 4.43. The van der Waals surface area contributed by atoms with Crippen molar-refractivity contribution in [3.63, 3.8) is 0 Å². The van der Waals surface area contributed by atoms with Gasteiger partial charge in [0.25, 0.3) is 0 Å². The van der Waals surface area contributed by atoms with E-state index in [9.17, 15) is 4.79 Å². The molecule has 0 heterocycles. The molecule has 0 amide bonds. The van der Waals surface area contributed by atoms with Crippen LogP contribution < -0.4 is 10.5 Å². The fourth-order valence-corrected chi connectivity index (χ4v) is 2.82. The molecule has 0 aliphatic heterocycles. The minimum absolute atomic E-state index is 0.0133. The third kappa shape index (κ3) is 3.26. The van der Waals surface area contributed by atoms with Crippen molar-refractivity contribution in [2.75, 3.05) is 7.11 Å². The molecule has 1 saturated carbocycles. The number of methoxy groups -OCH3 is 1. The molecule has 1 atom stereocenters. The summed E-state index contributed by atoms with van der Waals surface area (Å²) in [5.41, 5.74) is 7.39. The van der Waals surface area contributed by atoms with E-state index < -0.39 is 5.97 Å². The minimum atomic E-state index is -0.670. The fourth-order valence-electron chi connectivity index (χ4n) is 2.82. The van der Waals surface area contributed by atoms with Gasteiger partial charge in [0, 0.05) is 6.04 Å². The van der Waals surface area contributed by atoms with Crippen LogP contribution >= 0.6 is 0 Å². The van der Waals surface area contributed by atoms with Gasteiger partial charge in [-0.1, -0.05) is 12.1 Å². The van der Waals surface area contributed by atoms with Crippen molar-refractivity contribution in [3.05, 3.63) is 29.8 Å². The smallest absolute Gasteiger partial charge is 0.306 e. The molecule has 0 saturated heterocycles. The van der Waals surface area contributed by atoms with E-state index in [2.05, 4.69) is 0 Å². The highest BCUT2D eigenvalue weighted by Crippen LogP contribution is 2.36. The van der Waals surface area contributed by atoms with Crippen molar-refractivity contribution in [2.45, 2.75) is 31.7 Å². The Hall–Kier alpha value is -1.55. The second-order valence-corrected chi connectivity index (χ2v) is 5.25. The summed E-state index contributed by atoms with van der Waals surface area (Å²) in [6, 6.07) is 7.80. The van der Waals surface area contributed by atoms with Crippen molar-refractivity contribution in [1.82, 2.24) is 0 Å². The summed E-state index contributed by atoms with van der Waals surface area (Å²) < 4.78 is 5.13. The van der Waals surface area contributed by atoms with E-state index in [1.54, 1.807) is 7.11 Å². The molecule has 1 fully saturated rings. The van der Waals surface area contributed by atoms with Gasteiger partial charge in [-0.15, -0.1) is 0 Å². The van der Waals surface area contributed by atoms with Crippen LogP contribution in [0.1, 0.15) is 37.3 Å². The Labute approximate surface area is 113 Å². The SMILES string of the molecule is COc1ccc(C(N)C2CCC(C(=O)O)CC2)cc1. The first-order chi connectivity index (χ1) is 9.11.